The monoisotopic (exact) mass is 270 g/mol. The van der Waals surface area contributed by atoms with Crippen LogP contribution in [-0.2, 0) is 0 Å². The molecule has 0 amide bonds. The van der Waals surface area contributed by atoms with E-state index in [9.17, 15) is 0 Å². The number of piperidine rings is 1. The minimum atomic E-state index is 0.583. The van der Waals surface area contributed by atoms with Gasteiger partial charge < -0.3 is 9.64 Å². The summed E-state index contributed by atoms with van der Waals surface area (Å²) in [6.07, 6.45) is 2.47. The number of methoxy groups -OCH3 is 1. The van der Waals surface area contributed by atoms with E-state index >= 15 is 0 Å². The van der Waals surface area contributed by atoms with Gasteiger partial charge in [-0.05, 0) is 18.9 Å². The fourth-order valence-corrected chi connectivity index (χ4v) is 2.50. The molecule has 0 saturated carbocycles. The maximum atomic E-state index is 5.12. The maximum Gasteiger partial charge on any atom is 0.214 e. The highest BCUT2D eigenvalue weighted by Gasteiger charge is 2.18. The number of alkyl halides is 1. The first-order chi connectivity index (χ1) is 7.29. The molecule has 0 N–H and O–H groups in total. The third kappa shape index (κ3) is 2.62. The first-order valence-electron chi connectivity index (χ1n) is 5.19. The van der Waals surface area contributed by atoms with Gasteiger partial charge >= 0.3 is 0 Å². The van der Waals surface area contributed by atoms with E-state index in [1.165, 1.54) is 12.8 Å². The van der Waals surface area contributed by atoms with E-state index in [0.717, 1.165) is 18.9 Å². The van der Waals surface area contributed by atoms with Crippen molar-refractivity contribution < 1.29 is 4.74 Å². The molecule has 1 aromatic heterocycles. The highest BCUT2D eigenvalue weighted by Crippen LogP contribution is 2.23. The fourth-order valence-electron chi connectivity index (χ4n) is 1.83. The second kappa shape index (κ2) is 4.84. The van der Waals surface area contributed by atoms with E-state index in [4.69, 9.17) is 4.74 Å². The molecular formula is C11H15BrN2O. The number of aromatic nitrogens is 1. The lowest BCUT2D eigenvalue weighted by Gasteiger charge is -2.30. The Labute approximate surface area is 98.6 Å². The summed E-state index contributed by atoms with van der Waals surface area (Å²) in [6, 6.07) is 5.89. The predicted molar refractivity (Wildman–Crippen MR) is 65.0 cm³/mol. The lowest BCUT2D eigenvalue weighted by Crippen LogP contribution is -2.36. The van der Waals surface area contributed by atoms with Gasteiger partial charge in [-0.3, -0.25) is 0 Å². The number of halogens is 1. The molecule has 1 atom stereocenters. The molecule has 15 heavy (non-hydrogen) atoms. The molecular weight excluding hydrogens is 256 g/mol. The summed E-state index contributed by atoms with van der Waals surface area (Å²) in [6.45, 7) is 2.11. The number of hydrogen-bond acceptors (Lipinski definition) is 3. The van der Waals surface area contributed by atoms with Crippen LogP contribution in [0.4, 0.5) is 5.82 Å². The van der Waals surface area contributed by atoms with Crippen molar-refractivity contribution in [3.63, 3.8) is 0 Å². The van der Waals surface area contributed by atoms with Crippen LogP contribution in [0.3, 0.4) is 0 Å². The topological polar surface area (TPSA) is 25.4 Å². The fraction of sp³-hybridized carbons (Fsp3) is 0.545. The Morgan fingerprint density at radius 2 is 2.40 bits per heavy atom. The summed E-state index contributed by atoms with van der Waals surface area (Å²) < 4.78 is 5.12. The van der Waals surface area contributed by atoms with Gasteiger partial charge in [0.15, 0.2) is 0 Å². The van der Waals surface area contributed by atoms with Crippen molar-refractivity contribution in [1.29, 1.82) is 0 Å². The Balaban J connectivity index is 2.13. The minimum Gasteiger partial charge on any atom is -0.481 e. The number of hydrogen-bond donors (Lipinski definition) is 0. The van der Waals surface area contributed by atoms with Crippen LogP contribution in [-0.4, -0.2) is 30.0 Å². The van der Waals surface area contributed by atoms with Crippen LogP contribution in [0, 0.1) is 0 Å². The summed E-state index contributed by atoms with van der Waals surface area (Å²) in [5.74, 6) is 1.70. The van der Waals surface area contributed by atoms with Crippen molar-refractivity contribution in [3.8, 4) is 5.88 Å². The van der Waals surface area contributed by atoms with Crippen LogP contribution < -0.4 is 9.64 Å². The zero-order valence-electron chi connectivity index (χ0n) is 8.82. The molecule has 82 valence electrons. The van der Waals surface area contributed by atoms with Crippen molar-refractivity contribution in [3.05, 3.63) is 18.2 Å². The Hall–Kier alpha value is -0.770. The molecule has 1 saturated heterocycles. The van der Waals surface area contributed by atoms with Crippen LogP contribution in [0.5, 0.6) is 5.88 Å². The molecule has 0 radical (unpaired) electrons. The highest BCUT2D eigenvalue weighted by molar-refractivity contribution is 9.09. The summed E-state index contributed by atoms with van der Waals surface area (Å²) >= 11 is 3.66. The van der Waals surface area contributed by atoms with Gasteiger partial charge in [0.05, 0.1) is 7.11 Å². The SMILES string of the molecule is COc1cccc(N2CCCC(Br)C2)n1. The standard InChI is InChI=1S/C11H15BrN2O/c1-15-11-6-2-5-10(13-11)14-7-3-4-9(12)8-14/h2,5-6,9H,3-4,7-8H2,1H3. The smallest absolute Gasteiger partial charge is 0.214 e. The molecule has 1 fully saturated rings. The van der Waals surface area contributed by atoms with Gasteiger partial charge in [-0.15, -0.1) is 0 Å². The van der Waals surface area contributed by atoms with Crippen LogP contribution >= 0.6 is 15.9 Å². The number of ether oxygens (including phenoxy) is 1. The summed E-state index contributed by atoms with van der Waals surface area (Å²) in [4.78, 5) is 7.31. The normalized spacial score (nSPS) is 21.5. The quantitative estimate of drug-likeness (QED) is 0.772. The number of anilines is 1. The summed E-state index contributed by atoms with van der Waals surface area (Å²) in [5.41, 5.74) is 0. The van der Waals surface area contributed by atoms with Gasteiger partial charge in [-0.25, -0.2) is 0 Å². The third-order valence-electron chi connectivity index (χ3n) is 2.61. The Morgan fingerprint density at radius 1 is 1.53 bits per heavy atom. The van der Waals surface area contributed by atoms with Crippen molar-refractivity contribution >= 4 is 21.7 Å². The molecule has 0 spiro atoms. The minimum absolute atomic E-state index is 0.583. The van der Waals surface area contributed by atoms with E-state index in [1.807, 2.05) is 18.2 Å². The molecule has 0 aliphatic carbocycles. The first-order valence-corrected chi connectivity index (χ1v) is 6.11. The summed E-state index contributed by atoms with van der Waals surface area (Å²) in [5, 5.41) is 0. The number of pyridine rings is 1. The van der Waals surface area contributed by atoms with Crippen molar-refractivity contribution in [2.45, 2.75) is 17.7 Å². The van der Waals surface area contributed by atoms with Crippen molar-refractivity contribution in [2.75, 3.05) is 25.1 Å². The van der Waals surface area contributed by atoms with Crippen molar-refractivity contribution in [2.24, 2.45) is 0 Å². The van der Waals surface area contributed by atoms with Crippen LogP contribution in [0.2, 0.25) is 0 Å². The van der Waals surface area contributed by atoms with Gasteiger partial charge in [0.1, 0.15) is 5.82 Å². The Bertz CT molecular complexity index is 332. The van der Waals surface area contributed by atoms with Crippen molar-refractivity contribution in [1.82, 2.24) is 4.98 Å². The highest BCUT2D eigenvalue weighted by atomic mass is 79.9. The lowest BCUT2D eigenvalue weighted by molar-refractivity contribution is 0.397. The molecule has 0 aromatic carbocycles. The van der Waals surface area contributed by atoms with Gasteiger partial charge in [-0.2, -0.15) is 4.98 Å². The average Bonchev–Trinajstić information content (AvgIpc) is 2.29. The van der Waals surface area contributed by atoms with E-state index in [0.29, 0.717) is 10.7 Å². The molecule has 1 unspecified atom stereocenters. The molecule has 3 nitrogen and oxygen atoms in total. The van der Waals surface area contributed by atoms with Gasteiger partial charge in [0.25, 0.3) is 0 Å². The van der Waals surface area contributed by atoms with Gasteiger partial charge in [-0.1, -0.05) is 22.0 Å². The van der Waals surface area contributed by atoms with E-state index in [2.05, 4.69) is 25.8 Å². The van der Waals surface area contributed by atoms with Gasteiger partial charge in [0.2, 0.25) is 5.88 Å². The molecule has 2 heterocycles. The van der Waals surface area contributed by atoms with E-state index in [1.54, 1.807) is 7.11 Å². The molecule has 1 aliphatic heterocycles. The second-order valence-electron chi connectivity index (χ2n) is 3.72. The Morgan fingerprint density at radius 3 is 3.13 bits per heavy atom. The maximum absolute atomic E-state index is 5.12. The first kappa shape index (κ1) is 10.7. The molecule has 1 aliphatic rings. The summed E-state index contributed by atoms with van der Waals surface area (Å²) in [7, 11) is 1.65. The predicted octanol–water partition coefficient (Wildman–Crippen LogP) is 2.45. The molecule has 2 rings (SSSR count). The largest absolute Gasteiger partial charge is 0.481 e. The zero-order chi connectivity index (χ0) is 10.7. The average molecular weight is 271 g/mol. The second-order valence-corrected chi connectivity index (χ2v) is 5.02. The van der Waals surface area contributed by atoms with Crippen LogP contribution in [0.25, 0.3) is 0 Å². The third-order valence-corrected chi connectivity index (χ3v) is 3.35. The van der Waals surface area contributed by atoms with Gasteiger partial charge in [0, 0.05) is 24.0 Å². The van der Waals surface area contributed by atoms with E-state index < -0.39 is 0 Å². The van der Waals surface area contributed by atoms with Crippen LogP contribution in [0.1, 0.15) is 12.8 Å². The molecule has 0 bridgehead atoms. The Kier molecular flexibility index (Phi) is 3.46. The number of nitrogens with zero attached hydrogens (tertiary/aromatic N) is 2. The van der Waals surface area contributed by atoms with Crippen LogP contribution in [0.15, 0.2) is 18.2 Å². The molecule has 4 heteroatoms. The van der Waals surface area contributed by atoms with E-state index in [-0.39, 0.29) is 0 Å². The zero-order valence-corrected chi connectivity index (χ0v) is 10.4. The molecule has 1 aromatic rings. The lowest BCUT2D eigenvalue weighted by atomic mass is 10.1. The number of rotatable bonds is 2.